The molecule has 3 rings (SSSR count). The number of nitrogens with zero attached hydrogens (tertiary/aromatic N) is 3. The molecule has 33 heavy (non-hydrogen) atoms. The number of rotatable bonds is 6. The van der Waals surface area contributed by atoms with Gasteiger partial charge in [0.1, 0.15) is 34.8 Å². The Kier molecular flexibility index (Phi) is 7.27. The van der Waals surface area contributed by atoms with Crippen molar-refractivity contribution in [3.05, 3.63) is 97.5 Å². The third-order valence-corrected chi connectivity index (χ3v) is 4.91. The number of carbonyl (C=O) groups is 1. The van der Waals surface area contributed by atoms with Crippen LogP contribution in [0.4, 0.5) is 11.4 Å². The molecule has 0 aliphatic rings. The van der Waals surface area contributed by atoms with Gasteiger partial charge in [-0.2, -0.15) is 10.5 Å². The van der Waals surface area contributed by atoms with Crippen LogP contribution < -0.4 is 10.1 Å². The highest BCUT2D eigenvalue weighted by Gasteiger charge is 2.15. The fraction of sp³-hybridized carbons (Fsp3) is 0. The van der Waals surface area contributed by atoms with Crippen molar-refractivity contribution in [3.63, 3.8) is 0 Å². The first-order valence-corrected chi connectivity index (χ1v) is 9.91. The van der Waals surface area contributed by atoms with Gasteiger partial charge in [-0.1, -0.05) is 41.4 Å². The van der Waals surface area contributed by atoms with Crippen LogP contribution in [0.3, 0.4) is 0 Å². The highest BCUT2D eigenvalue weighted by atomic mass is 35.5. The van der Waals surface area contributed by atoms with E-state index in [0.29, 0.717) is 11.3 Å². The lowest BCUT2D eigenvalue weighted by molar-refractivity contribution is -0.384. The van der Waals surface area contributed by atoms with Crippen molar-refractivity contribution < 1.29 is 14.5 Å². The number of ether oxygens (including phenoxy) is 1. The Morgan fingerprint density at radius 3 is 2.30 bits per heavy atom. The number of halogens is 2. The molecule has 3 aromatic carbocycles. The van der Waals surface area contributed by atoms with E-state index in [1.807, 2.05) is 12.1 Å². The number of benzene rings is 3. The zero-order chi connectivity index (χ0) is 24.0. The van der Waals surface area contributed by atoms with E-state index in [-0.39, 0.29) is 38.3 Å². The lowest BCUT2D eigenvalue weighted by atomic mass is 10.1. The van der Waals surface area contributed by atoms with Crippen LogP contribution in [0, 0.1) is 32.8 Å². The zero-order valence-corrected chi connectivity index (χ0v) is 18.1. The van der Waals surface area contributed by atoms with E-state index in [4.69, 9.17) is 27.9 Å². The third-order valence-electron chi connectivity index (χ3n) is 4.28. The molecule has 0 saturated heterocycles. The SMILES string of the molecule is N#C/C(=C\c1ccc(Oc2ccc([N+](=O)[O-])cc2C#N)cc1)C(=O)Nc1c(Cl)cccc1Cl. The van der Waals surface area contributed by atoms with Crippen molar-refractivity contribution in [2.24, 2.45) is 0 Å². The van der Waals surface area contributed by atoms with Gasteiger partial charge in [0.25, 0.3) is 11.6 Å². The van der Waals surface area contributed by atoms with Crippen molar-refractivity contribution in [3.8, 4) is 23.6 Å². The summed E-state index contributed by atoms with van der Waals surface area (Å²) in [6.45, 7) is 0. The van der Waals surface area contributed by atoms with Crippen molar-refractivity contribution in [2.45, 2.75) is 0 Å². The Hall–Kier alpha value is -4.37. The summed E-state index contributed by atoms with van der Waals surface area (Å²) in [5.74, 6) is -0.180. The molecule has 1 amide bonds. The summed E-state index contributed by atoms with van der Waals surface area (Å²) >= 11 is 12.1. The average Bonchev–Trinajstić information content (AvgIpc) is 2.81. The number of non-ortho nitro benzene ring substituents is 1. The minimum atomic E-state index is -0.683. The summed E-state index contributed by atoms with van der Waals surface area (Å²) in [5.41, 5.74) is 0.340. The van der Waals surface area contributed by atoms with Crippen LogP contribution in [0.15, 0.2) is 66.2 Å². The molecule has 0 fully saturated rings. The first-order chi connectivity index (χ1) is 15.8. The second-order valence-electron chi connectivity index (χ2n) is 6.44. The minimum absolute atomic E-state index is 0.00911. The number of nitriles is 2. The normalized spacial score (nSPS) is 10.6. The molecule has 0 saturated carbocycles. The van der Waals surface area contributed by atoms with Gasteiger partial charge >= 0.3 is 0 Å². The molecule has 0 heterocycles. The number of carbonyl (C=O) groups excluding carboxylic acids is 1. The number of para-hydroxylation sites is 1. The van der Waals surface area contributed by atoms with E-state index in [2.05, 4.69) is 5.32 Å². The molecule has 0 aliphatic heterocycles. The molecule has 0 aromatic heterocycles. The molecule has 0 atom stereocenters. The lowest BCUT2D eigenvalue weighted by Crippen LogP contribution is -2.14. The molecule has 0 bridgehead atoms. The topological polar surface area (TPSA) is 129 Å². The molecular weight excluding hydrogens is 467 g/mol. The number of hydrogen-bond donors (Lipinski definition) is 1. The molecule has 0 radical (unpaired) electrons. The summed E-state index contributed by atoms with van der Waals surface area (Å²) in [5, 5.41) is 32.5. The van der Waals surface area contributed by atoms with Crippen LogP contribution in [-0.4, -0.2) is 10.8 Å². The van der Waals surface area contributed by atoms with Gasteiger partial charge in [-0.05, 0) is 42.0 Å². The van der Waals surface area contributed by atoms with E-state index in [9.17, 15) is 25.4 Å². The highest BCUT2D eigenvalue weighted by molar-refractivity contribution is 6.40. The van der Waals surface area contributed by atoms with Crippen molar-refractivity contribution in [1.82, 2.24) is 0 Å². The Morgan fingerprint density at radius 1 is 1.06 bits per heavy atom. The van der Waals surface area contributed by atoms with Gasteiger partial charge in [-0.25, -0.2) is 0 Å². The summed E-state index contributed by atoms with van der Waals surface area (Å²) in [4.78, 5) is 22.7. The maximum absolute atomic E-state index is 12.5. The molecule has 3 aromatic rings. The van der Waals surface area contributed by atoms with Crippen molar-refractivity contribution >= 4 is 46.6 Å². The van der Waals surface area contributed by atoms with Gasteiger partial charge in [-0.15, -0.1) is 0 Å². The van der Waals surface area contributed by atoms with Crippen molar-refractivity contribution in [1.29, 1.82) is 10.5 Å². The monoisotopic (exact) mass is 478 g/mol. The molecule has 8 nitrogen and oxygen atoms in total. The minimum Gasteiger partial charge on any atom is -0.456 e. The van der Waals surface area contributed by atoms with Crippen LogP contribution in [0.2, 0.25) is 10.0 Å². The fourth-order valence-electron chi connectivity index (χ4n) is 2.68. The van der Waals surface area contributed by atoms with Gasteiger partial charge in [0.05, 0.1) is 20.7 Å². The second-order valence-corrected chi connectivity index (χ2v) is 7.26. The Labute approximate surface area is 198 Å². The molecule has 0 spiro atoms. The van der Waals surface area contributed by atoms with Crippen LogP contribution in [-0.2, 0) is 4.79 Å². The average molecular weight is 479 g/mol. The summed E-state index contributed by atoms with van der Waals surface area (Å²) in [6.07, 6.45) is 1.37. The summed E-state index contributed by atoms with van der Waals surface area (Å²) in [6, 6.07) is 18.4. The molecule has 1 N–H and O–H groups in total. The van der Waals surface area contributed by atoms with E-state index >= 15 is 0 Å². The first-order valence-electron chi connectivity index (χ1n) is 9.16. The number of amides is 1. The number of nitrogens with one attached hydrogen (secondary N) is 1. The Morgan fingerprint density at radius 2 is 1.73 bits per heavy atom. The summed E-state index contributed by atoms with van der Waals surface area (Å²) < 4.78 is 5.63. The Balaban J connectivity index is 1.78. The number of nitro groups is 1. The lowest BCUT2D eigenvalue weighted by Gasteiger charge is -2.09. The quantitative estimate of drug-likeness (QED) is 0.197. The van der Waals surface area contributed by atoms with E-state index < -0.39 is 10.8 Å². The smallest absolute Gasteiger partial charge is 0.271 e. The summed E-state index contributed by atoms with van der Waals surface area (Å²) in [7, 11) is 0. The number of hydrogen-bond acceptors (Lipinski definition) is 6. The van der Waals surface area contributed by atoms with Crippen molar-refractivity contribution in [2.75, 3.05) is 5.32 Å². The predicted octanol–water partition coefficient (Wildman–Crippen LogP) is 6.11. The van der Waals surface area contributed by atoms with E-state index in [0.717, 1.165) is 6.07 Å². The van der Waals surface area contributed by atoms with Gasteiger partial charge in [0.2, 0.25) is 0 Å². The van der Waals surface area contributed by atoms with Gasteiger partial charge < -0.3 is 10.1 Å². The number of anilines is 1. The van der Waals surface area contributed by atoms with Gasteiger partial charge in [0, 0.05) is 12.1 Å². The van der Waals surface area contributed by atoms with E-state index in [1.165, 1.54) is 18.2 Å². The molecular formula is C23H12Cl2N4O4. The van der Waals surface area contributed by atoms with Crippen LogP contribution in [0.25, 0.3) is 6.08 Å². The standard InChI is InChI=1S/C23H12Cl2N4O4/c24-19-2-1-3-20(25)22(19)28-23(30)16(13-27)10-14-4-7-18(8-5-14)33-21-9-6-17(29(31)32)11-15(21)12-26/h1-11H,(H,28,30)/b16-10+. The molecule has 0 unspecified atom stereocenters. The third kappa shape index (κ3) is 5.66. The fourth-order valence-corrected chi connectivity index (χ4v) is 3.17. The molecule has 162 valence electrons. The largest absolute Gasteiger partial charge is 0.456 e. The predicted molar refractivity (Wildman–Crippen MR) is 123 cm³/mol. The number of nitro benzene ring substituents is 1. The van der Waals surface area contributed by atoms with E-state index in [1.54, 1.807) is 42.5 Å². The van der Waals surface area contributed by atoms with Crippen LogP contribution in [0.5, 0.6) is 11.5 Å². The highest BCUT2D eigenvalue weighted by Crippen LogP contribution is 2.31. The Bertz CT molecular complexity index is 1340. The zero-order valence-electron chi connectivity index (χ0n) is 16.6. The van der Waals surface area contributed by atoms with Crippen LogP contribution >= 0.6 is 23.2 Å². The maximum atomic E-state index is 12.5. The van der Waals surface area contributed by atoms with Gasteiger partial charge in [0.15, 0.2) is 0 Å². The van der Waals surface area contributed by atoms with Crippen LogP contribution in [0.1, 0.15) is 11.1 Å². The van der Waals surface area contributed by atoms with Gasteiger partial charge in [-0.3, -0.25) is 14.9 Å². The first kappa shape index (κ1) is 23.3. The maximum Gasteiger partial charge on any atom is 0.271 e. The molecule has 0 aliphatic carbocycles. The second kappa shape index (κ2) is 10.3. The molecule has 10 heteroatoms.